The van der Waals surface area contributed by atoms with Gasteiger partial charge in [0.1, 0.15) is 5.54 Å². The average molecular weight is 423 g/mol. The van der Waals surface area contributed by atoms with E-state index in [1.165, 1.54) is 11.4 Å². The summed E-state index contributed by atoms with van der Waals surface area (Å²) >= 11 is 0. The molecule has 0 spiro atoms. The zero-order valence-electron chi connectivity index (χ0n) is 17.0. The predicted molar refractivity (Wildman–Crippen MR) is 109 cm³/mol. The number of esters is 1. The van der Waals surface area contributed by atoms with E-state index in [2.05, 4.69) is 5.32 Å². The van der Waals surface area contributed by atoms with Gasteiger partial charge in [-0.2, -0.15) is 4.31 Å². The molecule has 0 bridgehead atoms. The Morgan fingerprint density at radius 1 is 1.03 bits per heavy atom. The second-order valence-corrected chi connectivity index (χ2v) is 9.88. The molecule has 1 aliphatic heterocycles. The highest BCUT2D eigenvalue weighted by Gasteiger charge is 2.41. The molecule has 3 rings (SSSR count). The third-order valence-corrected chi connectivity index (χ3v) is 7.84. The highest BCUT2D eigenvalue weighted by molar-refractivity contribution is 7.89. The van der Waals surface area contributed by atoms with Gasteiger partial charge < -0.3 is 10.1 Å². The van der Waals surface area contributed by atoms with Crippen molar-refractivity contribution in [1.29, 1.82) is 0 Å². The molecule has 160 valence electrons. The van der Waals surface area contributed by atoms with Crippen molar-refractivity contribution < 1.29 is 22.7 Å². The van der Waals surface area contributed by atoms with E-state index < -0.39 is 15.6 Å². The lowest BCUT2D eigenvalue weighted by molar-refractivity contribution is -0.152. The Bertz CT molecular complexity index is 823. The maximum absolute atomic E-state index is 12.6. The zero-order valence-corrected chi connectivity index (χ0v) is 17.8. The summed E-state index contributed by atoms with van der Waals surface area (Å²) in [5.74, 6) is -0.562. The topological polar surface area (TPSA) is 92.8 Å². The number of hydrogen-bond acceptors (Lipinski definition) is 5. The Kier molecular flexibility index (Phi) is 6.95. The van der Waals surface area contributed by atoms with E-state index in [4.69, 9.17) is 4.74 Å². The summed E-state index contributed by atoms with van der Waals surface area (Å²) in [6.07, 6.45) is 6.57. The van der Waals surface area contributed by atoms with Gasteiger partial charge in [-0.05, 0) is 49.8 Å². The molecule has 1 N–H and O–H groups in total. The Morgan fingerprint density at radius 2 is 1.66 bits per heavy atom. The second-order valence-electron chi connectivity index (χ2n) is 7.94. The van der Waals surface area contributed by atoms with Crippen molar-refractivity contribution in [3.63, 3.8) is 0 Å². The molecule has 1 aliphatic carbocycles. The molecule has 0 aromatic heterocycles. The summed E-state index contributed by atoms with van der Waals surface area (Å²) in [6, 6.07) is 6.73. The van der Waals surface area contributed by atoms with Crippen molar-refractivity contribution in [3.8, 4) is 0 Å². The first-order chi connectivity index (χ1) is 13.9. The molecular formula is C21H30N2O5S. The molecule has 1 heterocycles. The van der Waals surface area contributed by atoms with Gasteiger partial charge in [0.25, 0.3) is 0 Å². The van der Waals surface area contributed by atoms with Crippen LogP contribution in [0.3, 0.4) is 0 Å². The fourth-order valence-corrected chi connectivity index (χ4v) is 5.74. The first-order valence-corrected chi connectivity index (χ1v) is 11.8. The number of rotatable bonds is 7. The smallest absolute Gasteiger partial charge is 0.331 e. The third kappa shape index (κ3) is 4.98. The monoisotopic (exact) mass is 422 g/mol. The lowest BCUT2D eigenvalue weighted by atomic mass is 9.81. The first kappa shape index (κ1) is 21.8. The van der Waals surface area contributed by atoms with E-state index in [1.54, 1.807) is 24.3 Å². The number of carbonyl (C=O) groups is 2. The van der Waals surface area contributed by atoms with Crippen LogP contribution in [-0.4, -0.2) is 50.3 Å². The van der Waals surface area contributed by atoms with Crippen molar-refractivity contribution in [1.82, 2.24) is 9.62 Å². The molecule has 29 heavy (non-hydrogen) atoms. The van der Waals surface area contributed by atoms with E-state index in [0.717, 1.165) is 37.7 Å². The molecule has 8 heteroatoms. The number of carbonyl (C=O) groups excluding carboxylic acids is 2. The largest absolute Gasteiger partial charge is 0.467 e. The third-order valence-electron chi connectivity index (χ3n) is 5.93. The van der Waals surface area contributed by atoms with Gasteiger partial charge in [0.15, 0.2) is 0 Å². The second kappa shape index (κ2) is 9.26. The van der Waals surface area contributed by atoms with Crippen molar-refractivity contribution >= 4 is 21.9 Å². The van der Waals surface area contributed by atoms with Gasteiger partial charge in [-0.1, -0.05) is 31.4 Å². The standard InChI is InChI=1S/C21H30N2O5S/c1-28-20(25)21(13-3-2-4-14-21)22-19(24)12-9-17-7-10-18(11-8-17)29(26,27)23-15-5-6-16-23/h7-8,10-11H,2-6,9,12-16H2,1H3,(H,22,24). The van der Waals surface area contributed by atoms with Crippen LogP contribution in [0.5, 0.6) is 0 Å². The van der Waals surface area contributed by atoms with Gasteiger partial charge >= 0.3 is 5.97 Å². The van der Waals surface area contributed by atoms with E-state index >= 15 is 0 Å². The van der Waals surface area contributed by atoms with Crippen molar-refractivity contribution in [3.05, 3.63) is 29.8 Å². The molecular weight excluding hydrogens is 392 g/mol. The van der Waals surface area contributed by atoms with Gasteiger partial charge in [0.05, 0.1) is 12.0 Å². The number of sulfonamides is 1. The molecule has 1 saturated heterocycles. The molecule has 0 unspecified atom stereocenters. The summed E-state index contributed by atoms with van der Waals surface area (Å²) in [6.45, 7) is 1.15. The van der Waals surface area contributed by atoms with Crippen LogP contribution < -0.4 is 5.32 Å². The van der Waals surface area contributed by atoms with Gasteiger partial charge in [-0.15, -0.1) is 0 Å². The molecule has 7 nitrogen and oxygen atoms in total. The Labute approximate surface area is 172 Å². The maximum atomic E-state index is 12.6. The quantitative estimate of drug-likeness (QED) is 0.681. The van der Waals surface area contributed by atoms with Crippen LogP contribution in [0.15, 0.2) is 29.2 Å². The predicted octanol–water partition coefficient (Wildman–Crippen LogP) is 2.40. The summed E-state index contributed by atoms with van der Waals surface area (Å²) in [5.41, 5.74) is -0.0196. The zero-order chi connectivity index (χ0) is 20.9. The number of methoxy groups -OCH3 is 1. The summed E-state index contributed by atoms with van der Waals surface area (Å²) in [4.78, 5) is 25.0. The first-order valence-electron chi connectivity index (χ1n) is 10.4. The SMILES string of the molecule is COC(=O)C1(NC(=O)CCc2ccc(S(=O)(=O)N3CCCC3)cc2)CCCCC1. The number of amides is 1. The van der Waals surface area contributed by atoms with Crippen molar-refractivity contribution in [2.45, 2.75) is 68.2 Å². The van der Waals surface area contributed by atoms with Crippen LogP contribution in [0.25, 0.3) is 0 Å². The molecule has 0 atom stereocenters. The van der Waals surface area contributed by atoms with E-state index in [1.807, 2.05) is 0 Å². The minimum atomic E-state index is -3.42. The molecule has 1 saturated carbocycles. The van der Waals surface area contributed by atoms with Gasteiger partial charge in [0.2, 0.25) is 15.9 Å². The van der Waals surface area contributed by atoms with Gasteiger partial charge in [-0.3, -0.25) is 4.79 Å². The van der Waals surface area contributed by atoms with E-state index in [0.29, 0.717) is 37.2 Å². The van der Waals surface area contributed by atoms with Gasteiger partial charge in [0, 0.05) is 19.5 Å². The number of benzene rings is 1. The van der Waals surface area contributed by atoms with Crippen LogP contribution in [0.1, 0.15) is 56.9 Å². The highest BCUT2D eigenvalue weighted by Crippen LogP contribution is 2.29. The number of nitrogens with zero attached hydrogens (tertiary/aromatic N) is 1. The van der Waals surface area contributed by atoms with Crippen LogP contribution >= 0.6 is 0 Å². The molecule has 1 aromatic rings. The minimum absolute atomic E-state index is 0.189. The van der Waals surface area contributed by atoms with Crippen LogP contribution in [0, 0.1) is 0 Å². The summed E-state index contributed by atoms with van der Waals surface area (Å²) < 4.78 is 31.6. The fourth-order valence-electron chi connectivity index (χ4n) is 4.22. The normalized spacial score (nSPS) is 19.6. The molecule has 2 aliphatic rings. The lowest BCUT2D eigenvalue weighted by Gasteiger charge is -2.35. The van der Waals surface area contributed by atoms with Crippen molar-refractivity contribution in [2.24, 2.45) is 0 Å². The van der Waals surface area contributed by atoms with Crippen LogP contribution in [-0.2, 0) is 30.8 Å². The Morgan fingerprint density at radius 3 is 2.24 bits per heavy atom. The fraction of sp³-hybridized carbons (Fsp3) is 0.619. The number of ether oxygens (including phenoxy) is 1. The Hall–Kier alpha value is -1.93. The lowest BCUT2D eigenvalue weighted by Crippen LogP contribution is -2.56. The highest BCUT2D eigenvalue weighted by atomic mass is 32.2. The number of nitrogens with one attached hydrogen (secondary N) is 1. The summed E-state index contributed by atoms with van der Waals surface area (Å²) in [7, 11) is -2.07. The maximum Gasteiger partial charge on any atom is 0.331 e. The van der Waals surface area contributed by atoms with Crippen LogP contribution in [0.4, 0.5) is 0 Å². The minimum Gasteiger partial charge on any atom is -0.467 e. The van der Waals surface area contributed by atoms with Crippen molar-refractivity contribution in [2.75, 3.05) is 20.2 Å². The molecule has 0 radical (unpaired) electrons. The Balaban J connectivity index is 1.58. The van der Waals surface area contributed by atoms with Gasteiger partial charge in [-0.25, -0.2) is 13.2 Å². The average Bonchev–Trinajstić information content (AvgIpc) is 3.28. The molecule has 1 aromatic carbocycles. The number of aryl methyl sites for hydroxylation is 1. The van der Waals surface area contributed by atoms with E-state index in [9.17, 15) is 18.0 Å². The number of hydrogen-bond donors (Lipinski definition) is 1. The van der Waals surface area contributed by atoms with E-state index in [-0.39, 0.29) is 18.3 Å². The summed E-state index contributed by atoms with van der Waals surface area (Å²) in [5, 5.41) is 2.91. The molecule has 2 fully saturated rings. The van der Waals surface area contributed by atoms with Crippen LogP contribution in [0.2, 0.25) is 0 Å². The molecule has 1 amide bonds.